The van der Waals surface area contributed by atoms with Crippen molar-refractivity contribution >= 4 is 0 Å². The van der Waals surface area contributed by atoms with E-state index < -0.39 is 11.9 Å². The lowest BCUT2D eigenvalue weighted by Gasteiger charge is -2.12. The number of nitrogens with one attached hydrogen (secondary N) is 2. The van der Waals surface area contributed by atoms with Crippen LogP contribution in [-0.4, -0.2) is 23.8 Å². The highest BCUT2D eigenvalue weighted by atomic mass is 19.4. The molecule has 0 saturated carbocycles. The van der Waals surface area contributed by atoms with Crippen molar-refractivity contribution in [1.82, 2.24) is 15.5 Å². The number of aryl methyl sites for hydroxylation is 1. The fourth-order valence-electron chi connectivity index (χ4n) is 2.15. The van der Waals surface area contributed by atoms with Crippen LogP contribution in [-0.2, 0) is 12.6 Å². The van der Waals surface area contributed by atoms with Gasteiger partial charge in [0.1, 0.15) is 0 Å². The monoisotopic (exact) mass is 219 g/mol. The summed E-state index contributed by atoms with van der Waals surface area (Å²) < 4.78 is 37.8. The molecule has 0 amide bonds. The van der Waals surface area contributed by atoms with E-state index in [1.165, 1.54) is 0 Å². The Morgan fingerprint density at radius 3 is 2.87 bits per heavy atom. The van der Waals surface area contributed by atoms with E-state index in [0.29, 0.717) is 24.2 Å². The van der Waals surface area contributed by atoms with Gasteiger partial charge in [0, 0.05) is 23.7 Å². The summed E-state index contributed by atoms with van der Waals surface area (Å²) in [5.41, 5.74) is 0.259. The lowest BCUT2D eigenvalue weighted by Crippen LogP contribution is -2.18. The first kappa shape index (κ1) is 10.5. The Balaban J connectivity index is 2.36. The summed E-state index contributed by atoms with van der Waals surface area (Å²) in [7, 11) is 1.74. The molecule has 2 N–H and O–H groups in total. The van der Waals surface area contributed by atoms with E-state index in [0.717, 1.165) is 6.42 Å². The summed E-state index contributed by atoms with van der Waals surface area (Å²) >= 11 is 0. The first-order valence-corrected chi connectivity index (χ1v) is 4.83. The van der Waals surface area contributed by atoms with E-state index in [2.05, 4.69) is 15.5 Å². The Labute approximate surface area is 85.1 Å². The van der Waals surface area contributed by atoms with Gasteiger partial charge in [0.05, 0.1) is 0 Å². The number of hydrogen-bond acceptors (Lipinski definition) is 2. The molecule has 1 heterocycles. The van der Waals surface area contributed by atoms with Crippen molar-refractivity contribution in [3.05, 3.63) is 17.0 Å². The van der Waals surface area contributed by atoms with Gasteiger partial charge >= 0.3 is 6.18 Å². The molecule has 1 aromatic heterocycles. The van der Waals surface area contributed by atoms with Gasteiger partial charge in [0.2, 0.25) is 0 Å². The molecule has 15 heavy (non-hydrogen) atoms. The molecule has 0 fully saturated rings. The molecule has 0 aromatic carbocycles. The van der Waals surface area contributed by atoms with Crippen molar-refractivity contribution in [3.8, 4) is 0 Å². The summed E-state index contributed by atoms with van der Waals surface area (Å²) in [6.45, 7) is 0.565. The quantitative estimate of drug-likeness (QED) is 0.794. The number of halogens is 3. The van der Waals surface area contributed by atoms with Crippen LogP contribution in [0, 0.1) is 0 Å². The summed E-state index contributed by atoms with van der Waals surface area (Å²) in [4.78, 5) is 0. The average molecular weight is 219 g/mol. The molecule has 1 unspecified atom stereocenters. The van der Waals surface area contributed by atoms with Crippen LogP contribution in [0.25, 0.3) is 0 Å². The van der Waals surface area contributed by atoms with Crippen molar-refractivity contribution in [3.63, 3.8) is 0 Å². The van der Waals surface area contributed by atoms with Gasteiger partial charge < -0.3 is 5.32 Å². The minimum absolute atomic E-state index is 0.0691. The molecule has 0 radical (unpaired) electrons. The Morgan fingerprint density at radius 1 is 1.53 bits per heavy atom. The highest BCUT2D eigenvalue weighted by molar-refractivity contribution is 5.35. The first-order chi connectivity index (χ1) is 7.04. The maximum Gasteiger partial charge on any atom is 0.435 e. The molecular formula is C9H12F3N3. The Morgan fingerprint density at radius 2 is 2.27 bits per heavy atom. The lowest BCUT2D eigenvalue weighted by atomic mass is 10.0. The van der Waals surface area contributed by atoms with Crippen LogP contribution in [0.1, 0.15) is 29.3 Å². The Bertz CT molecular complexity index is 356. The number of fused-ring (bicyclic) bond motifs is 1. The standard InChI is InChI=1S/C9H12F3N3/c1-13-4-5-2-3-6-7(5)8(15-14-6)9(10,11)12/h5,13H,2-4H2,1H3,(H,14,15). The molecule has 1 aromatic rings. The van der Waals surface area contributed by atoms with E-state index >= 15 is 0 Å². The van der Waals surface area contributed by atoms with Gasteiger partial charge in [-0.2, -0.15) is 18.3 Å². The number of aromatic nitrogens is 2. The minimum Gasteiger partial charge on any atom is -0.319 e. The second kappa shape index (κ2) is 3.52. The molecule has 6 heteroatoms. The fourth-order valence-corrected chi connectivity index (χ4v) is 2.15. The van der Waals surface area contributed by atoms with Crippen molar-refractivity contribution in [2.45, 2.75) is 24.9 Å². The highest BCUT2D eigenvalue weighted by Crippen LogP contribution is 2.40. The van der Waals surface area contributed by atoms with Gasteiger partial charge in [-0.1, -0.05) is 0 Å². The van der Waals surface area contributed by atoms with E-state index in [1.54, 1.807) is 7.05 Å². The normalized spacial score (nSPS) is 20.7. The summed E-state index contributed by atoms with van der Waals surface area (Å²) in [6, 6.07) is 0. The first-order valence-electron chi connectivity index (χ1n) is 4.83. The van der Waals surface area contributed by atoms with Gasteiger partial charge in [0.15, 0.2) is 5.69 Å². The Kier molecular flexibility index (Phi) is 2.46. The van der Waals surface area contributed by atoms with Crippen LogP contribution < -0.4 is 5.32 Å². The van der Waals surface area contributed by atoms with Crippen molar-refractivity contribution < 1.29 is 13.2 Å². The van der Waals surface area contributed by atoms with Crippen molar-refractivity contribution in [2.75, 3.05) is 13.6 Å². The zero-order valence-electron chi connectivity index (χ0n) is 8.28. The molecule has 0 bridgehead atoms. The molecule has 84 valence electrons. The van der Waals surface area contributed by atoms with Crippen LogP contribution in [0.2, 0.25) is 0 Å². The molecule has 1 atom stereocenters. The van der Waals surface area contributed by atoms with Crippen molar-refractivity contribution in [2.24, 2.45) is 0 Å². The minimum atomic E-state index is -4.35. The maximum absolute atomic E-state index is 12.6. The maximum atomic E-state index is 12.6. The third kappa shape index (κ3) is 1.73. The van der Waals surface area contributed by atoms with E-state index in [9.17, 15) is 13.2 Å². The van der Waals surface area contributed by atoms with Crippen LogP contribution in [0.3, 0.4) is 0 Å². The number of hydrogen-bond donors (Lipinski definition) is 2. The summed E-state index contributed by atoms with van der Waals surface area (Å²) in [5.74, 6) is -0.0691. The number of alkyl halides is 3. The van der Waals surface area contributed by atoms with Gasteiger partial charge in [-0.3, -0.25) is 5.10 Å². The molecular weight excluding hydrogens is 207 g/mol. The molecule has 0 saturated heterocycles. The Hall–Kier alpha value is -1.04. The van der Waals surface area contributed by atoms with Gasteiger partial charge in [-0.15, -0.1) is 0 Å². The second-order valence-electron chi connectivity index (χ2n) is 3.76. The zero-order valence-corrected chi connectivity index (χ0v) is 8.28. The smallest absolute Gasteiger partial charge is 0.319 e. The van der Waals surface area contributed by atoms with Crippen LogP contribution in [0.4, 0.5) is 13.2 Å². The third-order valence-corrected chi connectivity index (χ3v) is 2.75. The number of H-pyrrole nitrogens is 1. The van der Waals surface area contributed by atoms with Crippen LogP contribution in [0.5, 0.6) is 0 Å². The van der Waals surface area contributed by atoms with Gasteiger partial charge in [-0.05, 0) is 19.9 Å². The zero-order chi connectivity index (χ0) is 11.1. The van der Waals surface area contributed by atoms with E-state index in [1.807, 2.05) is 0 Å². The predicted molar refractivity (Wildman–Crippen MR) is 48.6 cm³/mol. The summed E-state index contributed by atoms with van der Waals surface area (Å²) in [5, 5.41) is 8.76. The average Bonchev–Trinajstić information content (AvgIpc) is 2.66. The molecule has 1 aliphatic carbocycles. The van der Waals surface area contributed by atoms with E-state index in [-0.39, 0.29) is 5.92 Å². The van der Waals surface area contributed by atoms with Crippen LogP contribution in [0.15, 0.2) is 0 Å². The number of nitrogens with zero attached hydrogens (tertiary/aromatic N) is 1. The second-order valence-corrected chi connectivity index (χ2v) is 3.76. The molecule has 3 nitrogen and oxygen atoms in total. The number of rotatable bonds is 2. The molecule has 0 spiro atoms. The SMILES string of the molecule is CNCC1CCc2[nH]nc(C(F)(F)F)c21. The number of aromatic amines is 1. The van der Waals surface area contributed by atoms with Gasteiger partial charge in [-0.25, -0.2) is 0 Å². The third-order valence-electron chi connectivity index (χ3n) is 2.75. The largest absolute Gasteiger partial charge is 0.435 e. The van der Waals surface area contributed by atoms with Gasteiger partial charge in [0.25, 0.3) is 0 Å². The predicted octanol–water partition coefficient (Wildman–Crippen LogP) is 1.68. The van der Waals surface area contributed by atoms with Crippen LogP contribution >= 0.6 is 0 Å². The van der Waals surface area contributed by atoms with Crippen molar-refractivity contribution in [1.29, 1.82) is 0 Å². The topological polar surface area (TPSA) is 40.7 Å². The fraction of sp³-hybridized carbons (Fsp3) is 0.667. The lowest BCUT2D eigenvalue weighted by molar-refractivity contribution is -0.141. The van der Waals surface area contributed by atoms with E-state index in [4.69, 9.17) is 0 Å². The molecule has 1 aliphatic rings. The number of likely N-dealkylation sites (N-methyl/N-ethyl adjacent to an activating group) is 1. The highest BCUT2D eigenvalue weighted by Gasteiger charge is 2.41. The molecule has 2 rings (SSSR count). The summed E-state index contributed by atoms with van der Waals surface area (Å²) in [6.07, 6.45) is -2.93. The molecule has 0 aliphatic heterocycles.